The third-order valence-corrected chi connectivity index (χ3v) is 3.18. The van der Waals surface area contributed by atoms with E-state index in [1.54, 1.807) is 0 Å². The van der Waals surface area contributed by atoms with Gasteiger partial charge in [-0.3, -0.25) is 14.9 Å². The molecule has 0 aliphatic carbocycles. The van der Waals surface area contributed by atoms with Gasteiger partial charge in [0.25, 0.3) is 5.69 Å². The van der Waals surface area contributed by atoms with Crippen molar-refractivity contribution in [3.8, 4) is 11.5 Å². The molecule has 0 aliphatic rings. The Morgan fingerprint density at radius 1 is 1.21 bits per heavy atom. The number of benzene rings is 2. The van der Waals surface area contributed by atoms with Crippen LogP contribution in [0.15, 0.2) is 42.5 Å². The topological polar surface area (TPSA) is 78.7 Å². The van der Waals surface area contributed by atoms with Gasteiger partial charge in [-0.15, -0.1) is 0 Å². The SMILES string of the molecule is O=C(COc1ccc([N+](=O)[O-])cc1Cl)c1ccc(OC(F)F)cc1. The highest BCUT2D eigenvalue weighted by atomic mass is 35.5. The van der Waals surface area contributed by atoms with Crippen LogP contribution in [0, 0.1) is 10.1 Å². The number of hydrogen-bond acceptors (Lipinski definition) is 5. The molecule has 0 saturated carbocycles. The normalized spacial score (nSPS) is 10.5. The van der Waals surface area contributed by atoms with E-state index in [0.717, 1.165) is 6.07 Å². The molecule has 0 radical (unpaired) electrons. The van der Waals surface area contributed by atoms with Gasteiger partial charge in [0, 0.05) is 17.7 Å². The number of ether oxygens (including phenoxy) is 2. The Labute approximate surface area is 139 Å². The highest BCUT2D eigenvalue weighted by Gasteiger charge is 2.13. The summed E-state index contributed by atoms with van der Waals surface area (Å²) in [7, 11) is 0. The average Bonchev–Trinajstić information content (AvgIpc) is 2.53. The van der Waals surface area contributed by atoms with Gasteiger partial charge in [0.1, 0.15) is 11.5 Å². The Morgan fingerprint density at radius 2 is 1.88 bits per heavy atom. The van der Waals surface area contributed by atoms with E-state index in [2.05, 4.69) is 4.74 Å². The number of carbonyl (C=O) groups excluding carboxylic acids is 1. The Bertz CT molecular complexity index is 752. The van der Waals surface area contributed by atoms with Crippen molar-refractivity contribution < 1.29 is 28.0 Å². The lowest BCUT2D eigenvalue weighted by Crippen LogP contribution is -2.12. The van der Waals surface area contributed by atoms with Crippen LogP contribution in [-0.4, -0.2) is 23.9 Å². The van der Waals surface area contributed by atoms with Crippen LogP contribution in [0.1, 0.15) is 10.4 Å². The first-order valence-corrected chi connectivity index (χ1v) is 6.89. The second-order valence-corrected chi connectivity index (χ2v) is 4.89. The molecule has 2 rings (SSSR count). The van der Waals surface area contributed by atoms with E-state index < -0.39 is 17.3 Å². The Kier molecular flexibility index (Phi) is 5.64. The number of rotatable bonds is 7. The number of alkyl halides is 2. The smallest absolute Gasteiger partial charge is 0.387 e. The molecular weight excluding hydrogens is 348 g/mol. The minimum atomic E-state index is -2.95. The van der Waals surface area contributed by atoms with Gasteiger partial charge in [0.15, 0.2) is 12.4 Å². The molecule has 0 heterocycles. The molecule has 0 unspecified atom stereocenters. The molecule has 0 atom stereocenters. The summed E-state index contributed by atoms with van der Waals surface area (Å²) in [4.78, 5) is 22.0. The van der Waals surface area contributed by atoms with Crippen LogP contribution in [0.2, 0.25) is 5.02 Å². The lowest BCUT2D eigenvalue weighted by molar-refractivity contribution is -0.384. The van der Waals surface area contributed by atoms with Crippen LogP contribution < -0.4 is 9.47 Å². The van der Waals surface area contributed by atoms with Crippen LogP contribution in [-0.2, 0) is 0 Å². The van der Waals surface area contributed by atoms with Crippen LogP contribution in [0.4, 0.5) is 14.5 Å². The van der Waals surface area contributed by atoms with E-state index in [1.165, 1.54) is 36.4 Å². The molecule has 0 saturated heterocycles. The number of nitrogens with zero attached hydrogens (tertiary/aromatic N) is 1. The van der Waals surface area contributed by atoms with Crippen molar-refractivity contribution in [2.45, 2.75) is 6.61 Å². The van der Waals surface area contributed by atoms with E-state index in [0.29, 0.717) is 0 Å². The van der Waals surface area contributed by atoms with Crippen LogP contribution in [0.5, 0.6) is 11.5 Å². The monoisotopic (exact) mass is 357 g/mol. The fourth-order valence-electron chi connectivity index (χ4n) is 1.77. The molecule has 0 fully saturated rings. The lowest BCUT2D eigenvalue weighted by Gasteiger charge is -2.08. The molecule has 126 valence electrons. The van der Waals surface area contributed by atoms with Gasteiger partial charge in [-0.1, -0.05) is 11.6 Å². The Morgan fingerprint density at radius 3 is 2.42 bits per heavy atom. The highest BCUT2D eigenvalue weighted by Crippen LogP contribution is 2.28. The minimum Gasteiger partial charge on any atom is -0.484 e. The molecule has 0 aromatic heterocycles. The zero-order valence-corrected chi connectivity index (χ0v) is 12.7. The van der Waals surface area contributed by atoms with Crippen molar-refractivity contribution in [3.63, 3.8) is 0 Å². The van der Waals surface area contributed by atoms with Gasteiger partial charge < -0.3 is 9.47 Å². The molecule has 0 aliphatic heterocycles. The molecular formula is C15H10ClF2NO5. The molecule has 9 heteroatoms. The van der Waals surface area contributed by atoms with E-state index in [-0.39, 0.29) is 34.4 Å². The molecule has 0 N–H and O–H groups in total. The second kappa shape index (κ2) is 7.69. The maximum atomic E-state index is 12.0. The van der Waals surface area contributed by atoms with E-state index >= 15 is 0 Å². The quantitative estimate of drug-likeness (QED) is 0.423. The first kappa shape index (κ1) is 17.6. The summed E-state index contributed by atoms with van der Waals surface area (Å²) in [6.45, 7) is -3.31. The number of Topliss-reactive ketones (excluding diaryl/α,β-unsaturated/α-hetero) is 1. The summed E-state index contributed by atoms with van der Waals surface area (Å²) >= 11 is 5.84. The van der Waals surface area contributed by atoms with Gasteiger partial charge in [-0.05, 0) is 30.3 Å². The standard InChI is InChI=1S/C15H10ClF2NO5/c16-12-7-10(19(21)22)3-6-14(12)23-8-13(20)9-1-4-11(5-2-9)24-15(17)18/h1-7,15H,8H2. The maximum absolute atomic E-state index is 12.0. The van der Waals surface area contributed by atoms with E-state index in [9.17, 15) is 23.7 Å². The van der Waals surface area contributed by atoms with Crippen molar-refractivity contribution in [3.05, 3.63) is 63.2 Å². The van der Waals surface area contributed by atoms with Crippen molar-refractivity contribution in [2.24, 2.45) is 0 Å². The zero-order valence-electron chi connectivity index (χ0n) is 11.9. The summed E-state index contributed by atoms with van der Waals surface area (Å²) in [5, 5.41) is 10.6. The summed E-state index contributed by atoms with van der Waals surface area (Å²) in [6, 6.07) is 8.70. The zero-order chi connectivity index (χ0) is 17.7. The van der Waals surface area contributed by atoms with Crippen LogP contribution in [0.3, 0.4) is 0 Å². The Hall–Kier alpha value is -2.74. The molecule has 0 bridgehead atoms. The summed E-state index contributed by atoms with van der Waals surface area (Å²) in [5.41, 5.74) is 0.0305. The van der Waals surface area contributed by atoms with Crippen molar-refractivity contribution in [2.75, 3.05) is 6.61 Å². The van der Waals surface area contributed by atoms with Gasteiger partial charge >= 0.3 is 6.61 Å². The Balaban J connectivity index is 1.99. The number of hydrogen-bond donors (Lipinski definition) is 0. The number of carbonyl (C=O) groups is 1. The second-order valence-electron chi connectivity index (χ2n) is 4.49. The van der Waals surface area contributed by atoms with Gasteiger partial charge in [-0.2, -0.15) is 8.78 Å². The minimum absolute atomic E-state index is 0.00215. The third kappa shape index (κ3) is 4.63. The van der Waals surface area contributed by atoms with Crippen LogP contribution >= 0.6 is 11.6 Å². The van der Waals surface area contributed by atoms with Crippen molar-refractivity contribution in [1.82, 2.24) is 0 Å². The van der Waals surface area contributed by atoms with Gasteiger partial charge in [-0.25, -0.2) is 0 Å². The molecule has 2 aromatic rings. The fourth-order valence-corrected chi connectivity index (χ4v) is 2.00. The molecule has 0 amide bonds. The third-order valence-electron chi connectivity index (χ3n) is 2.89. The molecule has 24 heavy (non-hydrogen) atoms. The number of halogens is 3. The van der Waals surface area contributed by atoms with Crippen LogP contribution in [0.25, 0.3) is 0 Å². The van der Waals surface area contributed by atoms with E-state index in [1.807, 2.05) is 0 Å². The first-order chi connectivity index (χ1) is 11.4. The average molecular weight is 358 g/mol. The van der Waals surface area contributed by atoms with E-state index in [4.69, 9.17) is 16.3 Å². The first-order valence-electron chi connectivity index (χ1n) is 6.51. The fraction of sp³-hybridized carbons (Fsp3) is 0.133. The predicted molar refractivity (Wildman–Crippen MR) is 81.0 cm³/mol. The number of ketones is 1. The number of nitro groups is 1. The van der Waals surface area contributed by atoms with Crippen molar-refractivity contribution >= 4 is 23.1 Å². The molecule has 0 spiro atoms. The van der Waals surface area contributed by atoms with Gasteiger partial charge in [0.05, 0.1) is 9.95 Å². The highest BCUT2D eigenvalue weighted by molar-refractivity contribution is 6.32. The summed E-state index contributed by atoms with van der Waals surface area (Å²) < 4.78 is 33.5. The molecule has 6 nitrogen and oxygen atoms in total. The van der Waals surface area contributed by atoms with Crippen molar-refractivity contribution in [1.29, 1.82) is 0 Å². The number of non-ortho nitro benzene ring substituents is 1. The lowest BCUT2D eigenvalue weighted by atomic mass is 10.1. The molecule has 2 aromatic carbocycles. The summed E-state index contributed by atoms with van der Waals surface area (Å²) in [6.07, 6.45) is 0. The summed E-state index contributed by atoms with van der Waals surface area (Å²) in [5.74, 6) is -0.373. The van der Waals surface area contributed by atoms with Gasteiger partial charge in [0.2, 0.25) is 0 Å². The number of nitro benzene ring substituents is 1. The maximum Gasteiger partial charge on any atom is 0.387 e. The largest absolute Gasteiger partial charge is 0.484 e. The predicted octanol–water partition coefficient (Wildman–Crippen LogP) is 4.11.